The van der Waals surface area contributed by atoms with E-state index in [1.165, 1.54) is 22.3 Å². The van der Waals surface area contributed by atoms with E-state index in [0.717, 1.165) is 32.1 Å². The highest BCUT2D eigenvalue weighted by molar-refractivity contribution is 14.0. The lowest BCUT2D eigenvalue weighted by Gasteiger charge is -2.35. The van der Waals surface area contributed by atoms with Crippen molar-refractivity contribution in [3.05, 3.63) is 89.5 Å². The predicted octanol–water partition coefficient (Wildman–Crippen LogP) is 4.01. The number of morpholine rings is 1. The number of nitrogens with one attached hydrogen (secondary N) is 1. The molecule has 4 rings (SSSR count). The molecule has 2 heterocycles. The minimum Gasteiger partial charge on any atom is -0.370 e. The van der Waals surface area contributed by atoms with Gasteiger partial charge in [0.15, 0.2) is 5.96 Å². The third kappa shape index (κ3) is 6.07. The topological polar surface area (TPSA) is 54.7 Å². The number of aliphatic imine (C=N–C) groups is 1. The fourth-order valence-electron chi connectivity index (χ4n) is 3.92. The van der Waals surface area contributed by atoms with E-state index in [2.05, 4.69) is 80.2 Å². The van der Waals surface area contributed by atoms with Crippen molar-refractivity contribution in [3.8, 4) is 0 Å². The van der Waals surface area contributed by atoms with Crippen molar-refractivity contribution in [1.29, 1.82) is 0 Å². The molecule has 164 valence electrons. The van der Waals surface area contributed by atoms with Crippen molar-refractivity contribution < 1.29 is 4.74 Å². The van der Waals surface area contributed by atoms with Crippen LogP contribution in [0.25, 0.3) is 0 Å². The summed E-state index contributed by atoms with van der Waals surface area (Å²) in [6, 6.07) is 17.1. The maximum Gasteiger partial charge on any atom is 0.194 e. The van der Waals surface area contributed by atoms with Gasteiger partial charge in [-0.25, -0.2) is 4.98 Å². The Morgan fingerprint density at radius 1 is 1.19 bits per heavy atom. The third-order valence-electron chi connectivity index (χ3n) is 5.48. The molecule has 0 aliphatic carbocycles. The number of aromatic nitrogens is 2. The van der Waals surface area contributed by atoms with Gasteiger partial charge in [-0.3, -0.25) is 4.99 Å². The standard InChI is InChI=1S/C24H29N5O.HI/c1-19-6-3-4-9-22(19)23-17-29(12-13-30-23)24(25-2)27-15-20-7-5-8-21(14-20)16-28-11-10-26-18-28;/h3-11,14,18,23H,12-13,15-17H2,1-2H3,(H,25,27);1H. The van der Waals surface area contributed by atoms with Crippen molar-refractivity contribution in [2.24, 2.45) is 4.99 Å². The quantitative estimate of drug-likeness (QED) is 0.307. The maximum absolute atomic E-state index is 6.07. The van der Waals surface area contributed by atoms with Crippen LogP contribution >= 0.6 is 24.0 Å². The van der Waals surface area contributed by atoms with Gasteiger partial charge in [0.05, 0.1) is 19.5 Å². The second kappa shape index (κ2) is 11.3. The first kappa shape index (κ1) is 23.3. The highest BCUT2D eigenvalue weighted by Gasteiger charge is 2.25. The summed E-state index contributed by atoms with van der Waals surface area (Å²) in [6.07, 6.45) is 5.70. The van der Waals surface area contributed by atoms with Crippen molar-refractivity contribution in [1.82, 2.24) is 19.8 Å². The Labute approximate surface area is 201 Å². The molecule has 1 aliphatic rings. The van der Waals surface area contributed by atoms with Crippen LogP contribution in [0.5, 0.6) is 0 Å². The predicted molar refractivity (Wildman–Crippen MR) is 135 cm³/mol. The third-order valence-corrected chi connectivity index (χ3v) is 5.48. The Morgan fingerprint density at radius 3 is 2.81 bits per heavy atom. The molecule has 7 heteroatoms. The zero-order valence-corrected chi connectivity index (χ0v) is 20.4. The van der Waals surface area contributed by atoms with Gasteiger partial charge in [-0.1, -0.05) is 48.5 Å². The van der Waals surface area contributed by atoms with Crippen LogP contribution in [0.1, 0.15) is 28.4 Å². The molecule has 1 aliphatic heterocycles. The Hall–Kier alpha value is -2.39. The number of benzene rings is 2. The van der Waals surface area contributed by atoms with Gasteiger partial charge in [0.1, 0.15) is 6.10 Å². The summed E-state index contributed by atoms with van der Waals surface area (Å²) in [4.78, 5) is 10.9. The van der Waals surface area contributed by atoms with Crippen LogP contribution in [0.4, 0.5) is 0 Å². The lowest BCUT2D eigenvalue weighted by molar-refractivity contribution is -0.00833. The van der Waals surface area contributed by atoms with Gasteiger partial charge in [0.25, 0.3) is 0 Å². The Bertz CT molecular complexity index is 989. The summed E-state index contributed by atoms with van der Waals surface area (Å²) in [6.45, 7) is 6.02. The summed E-state index contributed by atoms with van der Waals surface area (Å²) >= 11 is 0. The van der Waals surface area contributed by atoms with Gasteiger partial charge < -0.3 is 19.5 Å². The van der Waals surface area contributed by atoms with Crippen LogP contribution in [0.2, 0.25) is 0 Å². The average Bonchev–Trinajstić information content (AvgIpc) is 3.28. The SMILES string of the molecule is CN=C(NCc1cccc(Cn2ccnc2)c1)N1CCOC(c2ccccc2C)C1.I. The molecule has 0 spiro atoms. The van der Waals surface area contributed by atoms with Crippen molar-refractivity contribution in [2.75, 3.05) is 26.7 Å². The molecule has 1 atom stereocenters. The molecule has 3 aromatic rings. The van der Waals surface area contributed by atoms with Gasteiger partial charge in [-0.2, -0.15) is 0 Å². The molecule has 1 saturated heterocycles. The Balaban J connectivity index is 0.00000272. The fourth-order valence-corrected chi connectivity index (χ4v) is 3.92. The maximum atomic E-state index is 6.07. The number of nitrogens with zero attached hydrogens (tertiary/aromatic N) is 4. The van der Waals surface area contributed by atoms with Gasteiger partial charge >= 0.3 is 0 Å². The highest BCUT2D eigenvalue weighted by atomic mass is 127. The van der Waals surface area contributed by atoms with Crippen molar-refractivity contribution >= 4 is 29.9 Å². The number of hydrogen-bond donors (Lipinski definition) is 1. The van der Waals surface area contributed by atoms with Crippen LogP contribution in [0, 0.1) is 6.92 Å². The zero-order chi connectivity index (χ0) is 20.8. The van der Waals surface area contributed by atoms with E-state index in [1.807, 2.05) is 25.8 Å². The lowest BCUT2D eigenvalue weighted by Crippen LogP contribution is -2.48. The number of imidazole rings is 1. The minimum absolute atomic E-state index is 0. The first-order chi connectivity index (χ1) is 14.7. The molecule has 0 radical (unpaired) electrons. The molecule has 1 unspecified atom stereocenters. The Morgan fingerprint density at radius 2 is 2.03 bits per heavy atom. The summed E-state index contributed by atoms with van der Waals surface area (Å²) < 4.78 is 8.14. The van der Waals surface area contributed by atoms with E-state index in [0.29, 0.717) is 6.61 Å². The van der Waals surface area contributed by atoms with Gasteiger partial charge in [-0.15, -0.1) is 24.0 Å². The number of halogens is 1. The van der Waals surface area contributed by atoms with E-state index in [9.17, 15) is 0 Å². The van der Waals surface area contributed by atoms with Gasteiger partial charge in [-0.05, 0) is 29.2 Å². The summed E-state index contributed by atoms with van der Waals surface area (Å²) in [5.74, 6) is 0.914. The van der Waals surface area contributed by atoms with Gasteiger partial charge in [0, 0.05) is 39.1 Å². The van der Waals surface area contributed by atoms with Crippen molar-refractivity contribution in [3.63, 3.8) is 0 Å². The molecular weight excluding hydrogens is 501 g/mol. The number of guanidine groups is 1. The van der Waals surface area contributed by atoms with E-state index in [1.54, 1.807) is 0 Å². The van der Waals surface area contributed by atoms with Crippen LogP contribution < -0.4 is 5.32 Å². The molecule has 2 aromatic carbocycles. The largest absolute Gasteiger partial charge is 0.370 e. The summed E-state index contributed by atoms with van der Waals surface area (Å²) in [5, 5.41) is 3.53. The summed E-state index contributed by atoms with van der Waals surface area (Å²) in [5.41, 5.74) is 5.01. The number of hydrogen-bond acceptors (Lipinski definition) is 3. The molecule has 1 N–H and O–H groups in total. The van der Waals surface area contributed by atoms with Crippen LogP contribution in [-0.2, 0) is 17.8 Å². The van der Waals surface area contributed by atoms with Crippen LogP contribution in [0.15, 0.2) is 72.2 Å². The van der Waals surface area contributed by atoms with E-state index >= 15 is 0 Å². The second-order valence-electron chi connectivity index (χ2n) is 7.62. The smallest absolute Gasteiger partial charge is 0.194 e. The first-order valence-electron chi connectivity index (χ1n) is 10.4. The normalized spacial score (nSPS) is 16.6. The average molecular weight is 531 g/mol. The molecule has 0 bridgehead atoms. The molecule has 1 aromatic heterocycles. The second-order valence-corrected chi connectivity index (χ2v) is 7.62. The number of rotatable bonds is 5. The fraction of sp³-hybridized carbons (Fsp3) is 0.333. The van der Waals surface area contributed by atoms with Gasteiger partial charge in [0.2, 0.25) is 0 Å². The Kier molecular flexibility index (Phi) is 8.48. The zero-order valence-electron chi connectivity index (χ0n) is 18.1. The lowest BCUT2D eigenvalue weighted by atomic mass is 10.0. The van der Waals surface area contributed by atoms with Crippen LogP contribution in [-0.4, -0.2) is 47.2 Å². The number of aryl methyl sites for hydroxylation is 1. The molecule has 0 amide bonds. The molecule has 1 fully saturated rings. The molecule has 31 heavy (non-hydrogen) atoms. The van der Waals surface area contributed by atoms with Crippen LogP contribution in [0.3, 0.4) is 0 Å². The number of ether oxygens (including phenoxy) is 1. The molecule has 6 nitrogen and oxygen atoms in total. The monoisotopic (exact) mass is 531 g/mol. The summed E-state index contributed by atoms with van der Waals surface area (Å²) in [7, 11) is 1.84. The first-order valence-corrected chi connectivity index (χ1v) is 10.4. The molecule has 0 saturated carbocycles. The minimum atomic E-state index is 0. The van der Waals surface area contributed by atoms with E-state index < -0.39 is 0 Å². The van der Waals surface area contributed by atoms with Crippen molar-refractivity contribution in [2.45, 2.75) is 26.1 Å². The highest BCUT2D eigenvalue weighted by Crippen LogP contribution is 2.25. The molecular formula is C24H30IN5O. The van der Waals surface area contributed by atoms with E-state index in [-0.39, 0.29) is 30.1 Å². The van der Waals surface area contributed by atoms with E-state index in [4.69, 9.17) is 4.74 Å².